The van der Waals surface area contributed by atoms with Gasteiger partial charge in [-0.3, -0.25) is 0 Å². The molecule has 0 unspecified atom stereocenters. The number of rotatable bonds is 6. The van der Waals surface area contributed by atoms with Crippen LogP contribution in [0.3, 0.4) is 0 Å². The molecule has 2 rings (SSSR count). The van der Waals surface area contributed by atoms with Crippen molar-refractivity contribution in [3.63, 3.8) is 0 Å². The summed E-state index contributed by atoms with van der Waals surface area (Å²) in [7, 11) is 0. The molecule has 5 heteroatoms. The Labute approximate surface area is 135 Å². The minimum atomic E-state index is -0.237. The second-order valence-corrected chi connectivity index (χ2v) is 5.15. The van der Waals surface area contributed by atoms with E-state index >= 15 is 0 Å². The van der Waals surface area contributed by atoms with Crippen LogP contribution >= 0.6 is 0 Å². The predicted octanol–water partition coefficient (Wildman–Crippen LogP) is 2.09. The van der Waals surface area contributed by atoms with E-state index in [0.717, 1.165) is 23.1 Å². The minimum Gasteiger partial charge on any atom is -0.392 e. The lowest BCUT2D eigenvalue weighted by atomic mass is 10.1. The first kappa shape index (κ1) is 16.5. The van der Waals surface area contributed by atoms with Crippen LogP contribution in [0.4, 0.5) is 4.79 Å². The number of urea groups is 1. The molecule has 2 aromatic rings. The van der Waals surface area contributed by atoms with Gasteiger partial charge < -0.3 is 15.7 Å². The summed E-state index contributed by atoms with van der Waals surface area (Å²) in [5.74, 6) is 0. The first-order chi connectivity index (χ1) is 11.2. The molecule has 0 aliphatic rings. The number of nitrogens with zero attached hydrogens (tertiary/aromatic N) is 1. The molecule has 118 valence electrons. The van der Waals surface area contributed by atoms with Gasteiger partial charge in [0.15, 0.2) is 0 Å². The smallest absolute Gasteiger partial charge is 0.315 e. The van der Waals surface area contributed by atoms with Crippen molar-refractivity contribution in [1.82, 2.24) is 10.6 Å². The van der Waals surface area contributed by atoms with Crippen LogP contribution in [0, 0.1) is 11.3 Å². The number of aliphatic hydroxyl groups is 1. The number of nitrogens with one attached hydrogen (secondary N) is 2. The SMILES string of the molecule is N#Cc1cccc(CNC(=O)NCCc2ccc(CO)cc2)c1. The molecule has 2 aromatic carbocycles. The van der Waals surface area contributed by atoms with E-state index in [9.17, 15) is 4.79 Å². The molecule has 0 saturated carbocycles. The van der Waals surface area contributed by atoms with Gasteiger partial charge in [0.25, 0.3) is 0 Å². The Bertz CT molecular complexity index is 690. The average molecular weight is 309 g/mol. The van der Waals surface area contributed by atoms with Crippen LogP contribution in [0.25, 0.3) is 0 Å². The van der Waals surface area contributed by atoms with Crippen molar-refractivity contribution in [3.8, 4) is 6.07 Å². The van der Waals surface area contributed by atoms with E-state index in [0.29, 0.717) is 18.7 Å². The van der Waals surface area contributed by atoms with Crippen LogP contribution in [0.2, 0.25) is 0 Å². The van der Waals surface area contributed by atoms with E-state index in [4.69, 9.17) is 10.4 Å². The van der Waals surface area contributed by atoms with Gasteiger partial charge in [-0.15, -0.1) is 0 Å². The third kappa shape index (κ3) is 5.46. The molecule has 0 fully saturated rings. The van der Waals surface area contributed by atoms with Crippen LogP contribution in [0.15, 0.2) is 48.5 Å². The van der Waals surface area contributed by atoms with Crippen molar-refractivity contribution in [1.29, 1.82) is 5.26 Å². The van der Waals surface area contributed by atoms with Crippen molar-refractivity contribution >= 4 is 6.03 Å². The molecule has 0 aliphatic heterocycles. The maximum absolute atomic E-state index is 11.7. The quantitative estimate of drug-likeness (QED) is 0.764. The van der Waals surface area contributed by atoms with E-state index < -0.39 is 0 Å². The minimum absolute atomic E-state index is 0.0357. The van der Waals surface area contributed by atoms with E-state index in [1.54, 1.807) is 18.2 Å². The molecule has 0 heterocycles. The van der Waals surface area contributed by atoms with Crippen molar-refractivity contribution in [3.05, 3.63) is 70.8 Å². The molecule has 5 nitrogen and oxygen atoms in total. The fourth-order valence-electron chi connectivity index (χ4n) is 2.13. The van der Waals surface area contributed by atoms with Gasteiger partial charge in [-0.1, -0.05) is 36.4 Å². The molecule has 0 bridgehead atoms. The highest BCUT2D eigenvalue weighted by atomic mass is 16.3. The van der Waals surface area contributed by atoms with Gasteiger partial charge in [-0.05, 0) is 35.2 Å². The maximum Gasteiger partial charge on any atom is 0.315 e. The number of amides is 2. The lowest BCUT2D eigenvalue weighted by molar-refractivity contribution is 0.240. The largest absolute Gasteiger partial charge is 0.392 e. The van der Waals surface area contributed by atoms with Gasteiger partial charge in [0, 0.05) is 13.1 Å². The highest BCUT2D eigenvalue weighted by Crippen LogP contribution is 2.05. The molecular formula is C18H19N3O2. The van der Waals surface area contributed by atoms with Crippen LogP contribution in [-0.2, 0) is 19.6 Å². The number of benzene rings is 2. The Balaban J connectivity index is 1.71. The second-order valence-electron chi connectivity index (χ2n) is 5.15. The Kier molecular flexibility index (Phi) is 6.16. The Morgan fingerprint density at radius 2 is 1.78 bits per heavy atom. The Hall–Kier alpha value is -2.84. The average Bonchev–Trinajstić information content (AvgIpc) is 2.61. The van der Waals surface area contributed by atoms with Crippen molar-refractivity contribution < 1.29 is 9.90 Å². The molecule has 2 amide bonds. The summed E-state index contributed by atoms with van der Waals surface area (Å²) in [5, 5.41) is 23.4. The van der Waals surface area contributed by atoms with Gasteiger partial charge >= 0.3 is 6.03 Å². The van der Waals surface area contributed by atoms with Crippen molar-refractivity contribution in [2.45, 2.75) is 19.6 Å². The van der Waals surface area contributed by atoms with E-state index in [-0.39, 0.29) is 12.6 Å². The summed E-state index contributed by atoms with van der Waals surface area (Å²) in [4.78, 5) is 11.7. The molecule has 3 N–H and O–H groups in total. The highest BCUT2D eigenvalue weighted by Gasteiger charge is 2.01. The Morgan fingerprint density at radius 3 is 2.48 bits per heavy atom. The number of hydrogen-bond acceptors (Lipinski definition) is 3. The standard InChI is InChI=1S/C18H19N3O2/c19-11-16-2-1-3-17(10-16)12-21-18(23)20-9-8-14-4-6-15(13-22)7-5-14/h1-7,10,22H,8-9,12-13H2,(H2,20,21,23). The molecular weight excluding hydrogens is 290 g/mol. The topological polar surface area (TPSA) is 85.2 Å². The number of carbonyl (C=O) groups is 1. The van der Waals surface area contributed by atoms with Gasteiger partial charge in [-0.2, -0.15) is 5.26 Å². The second kappa shape index (κ2) is 8.57. The Morgan fingerprint density at radius 1 is 1.04 bits per heavy atom. The fourth-order valence-corrected chi connectivity index (χ4v) is 2.13. The van der Waals surface area contributed by atoms with Gasteiger partial charge in [0.1, 0.15) is 0 Å². The summed E-state index contributed by atoms with van der Waals surface area (Å²) in [5.41, 5.74) is 3.44. The zero-order valence-corrected chi connectivity index (χ0v) is 12.7. The monoisotopic (exact) mass is 309 g/mol. The van der Waals surface area contributed by atoms with E-state index in [1.807, 2.05) is 30.3 Å². The third-order valence-electron chi connectivity index (χ3n) is 3.41. The van der Waals surface area contributed by atoms with E-state index in [1.165, 1.54) is 0 Å². The first-order valence-electron chi connectivity index (χ1n) is 7.40. The zero-order chi connectivity index (χ0) is 16.5. The molecule has 0 radical (unpaired) electrons. The van der Waals surface area contributed by atoms with Gasteiger partial charge in [0.2, 0.25) is 0 Å². The first-order valence-corrected chi connectivity index (χ1v) is 7.40. The normalized spacial score (nSPS) is 9.91. The maximum atomic E-state index is 11.7. The molecule has 23 heavy (non-hydrogen) atoms. The number of hydrogen-bond donors (Lipinski definition) is 3. The number of nitriles is 1. The number of carbonyl (C=O) groups excluding carboxylic acids is 1. The van der Waals surface area contributed by atoms with Crippen LogP contribution in [0.1, 0.15) is 22.3 Å². The van der Waals surface area contributed by atoms with Crippen LogP contribution in [0.5, 0.6) is 0 Å². The van der Waals surface area contributed by atoms with E-state index in [2.05, 4.69) is 16.7 Å². The van der Waals surface area contributed by atoms with Crippen LogP contribution < -0.4 is 10.6 Å². The fraction of sp³-hybridized carbons (Fsp3) is 0.222. The molecule has 0 aromatic heterocycles. The third-order valence-corrected chi connectivity index (χ3v) is 3.41. The summed E-state index contributed by atoms with van der Waals surface area (Å²) < 4.78 is 0. The zero-order valence-electron chi connectivity index (χ0n) is 12.7. The van der Waals surface area contributed by atoms with Crippen LogP contribution in [-0.4, -0.2) is 17.7 Å². The highest BCUT2D eigenvalue weighted by molar-refractivity contribution is 5.73. The number of aliphatic hydroxyl groups excluding tert-OH is 1. The molecule has 0 spiro atoms. The summed E-state index contributed by atoms with van der Waals surface area (Å²) in [6, 6.07) is 16.6. The summed E-state index contributed by atoms with van der Waals surface area (Å²) in [6.45, 7) is 0.947. The predicted molar refractivity (Wildman–Crippen MR) is 87.5 cm³/mol. The lowest BCUT2D eigenvalue weighted by Crippen LogP contribution is -2.36. The molecule has 0 atom stereocenters. The lowest BCUT2D eigenvalue weighted by Gasteiger charge is -2.08. The van der Waals surface area contributed by atoms with Crippen molar-refractivity contribution in [2.75, 3.05) is 6.54 Å². The summed E-state index contributed by atoms with van der Waals surface area (Å²) in [6.07, 6.45) is 0.725. The molecule has 0 saturated heterocycles. The van der Waals surface area contributed by atoms with Crippen molar-refractivity contribution in [2.24, 2.45) is 0 Å². The van der Waals surface area contributed by atoms with Gasteiger partial charge in [-0.25, -0.2) is 4.79 Å². The molecule has 0 aliphatic carbocycles. The van der Waals surface area contributed by atoms with Gasteiger partial charge in [0.05, 0.1) is 18.2 Å². The summed E-state index contributed by atoms with van der Waals surface area (Å²) >= 11 is 0.